The molecule has 0 aliphatic carbocycles. The van der Waals surface area contributed by atoms with Crippen molar-refractivity contribution in [1.29, 1.82) is 0 Å². The van der Waals surface area contributed by atoms with Crippen molar-refractivity contribution >= 4 is 32.9 Å². The van der Waals surface area contributed by atoms with Crippen LogP contribution in [0.5, 0.6) is 0 Å². The molecule has 0 saturated carbocycles. The van der Waals surface area contributed by atoms with Crippen LogP contribution in [-0.4, -0.2) is 19.5 Å². The van der Waals surface area contributed by atoms with Crippen molar-refractivity contribution in [3.8, 4) is 0 Å². The summed E-state index contributed by atoms with van der Waals surface area (Å²) in [6.45, 7) is 1.77. The van der Waals surface area contributed by atoms with Crippen LogP contribution in [-0.2, 0) is 10.0 Å². The lowest BCUT2D eigenvalue weighted by molar-refractivity contribution is 0.318. The Labute approximate surface area is 124 Å². The van der Waals surface area contributed by atoms with Crippen molar-refractivity contribution in [1.82, 2.24) is 0 Å². The summed E-state index contributed by atoms with van der Waals surface area (Å²) in [6, 6.07) is 6.84. The van der Waals surface area contributed by atoms with Gasteiger partial charge in [0, 0.05) is 4.88 Å². The van der Waals surface area contributed by atoms with Crippen LogP contribution >= 0.6 is 11.3 Å². The van der Waals surface area contributed by atoms with E-state index in [1.807, 2.05) is 0 Å². The molecule has 4 N–H and O–H groups in total. The maximum atomic E-state index is 13.8. The number of amidine groups is 1. The molecule has 0 aliphatic heterocycles. The lowest BCUT2D eigenvalue weighted by Gasteiger charge is -2.11. The average molecular weight is 329 g/mol. The molecule has 0 saturated heterocycles. The van der Waals surface area contributed by atoms with Gasteiger partial charge in [0.2, 0.25) is 0 Å². The molecule has 0 amide bonds. The highest BCUT2D eigenvalue weighted by molar-refractivity contribution is 7.94. The summed E-state index contributed by atoms with van der Waals surface area (Å²) in [5, 5.41) is 11.4. The fourth-order valence-corrected chi connectivity index (χ4v) is 4.03. The molecule has 0 fully saturated rings. The van der Waals surface area contributed by atoms with Gasteiger partial charge >= 0.3 is 0 Å². The molecule has 1 aromatic carbocycles. The van der Waals surface area contributed by atoms with E-state index in [4.69, 9.17) is 10.9 Å². The van der Waals surface area contributed by atoms with Crippen LogP contribution in [0.15, 0.2) is 39.7 Å². The van der Waals surface area contributed by atoms with Crippen molar-refractivity contribution < 1.29 is 18.0 Å². The Bertz CT molecular complexity index is 800. The van der Waals surface area contributed by atoms with E-state index in [0.717, 1.165) is 22.3 Å². The predicted octanol–water partition coefficient (Wildman–Crippen LogP) is 2.09. The first-order valence-corrected chi connectivity index (χ1v) is 8.01. The third-order valence-corrected chi connectivity index (χ3v) is 5.46. The quantitative estimate of drug-likeness (QED) is 0.346. The zero-order chi connectivity index (χ0) is 15.6. The summed E-state index contributed by atoms with van der Waals surface area (Å²) in [7, 11) is -3.86. The van der Waals surface area contributed by atoms with E-state index in [1.54, 1.807) is 13.0 Å². The van der Waals surface area contributed by atoms with E-state index in [9.17, 15) is 12.8 Å². The van der Waals surface area contributed by atoms with Crippen molar-refractivity contribution in [2.45, 2.75) is 11.1 Å². The molecule has 2 aromatic rings. The third-order valence-electron chi connectivity index (χ3n) is 2.60. The molecule has 0 aliphatic rings. The molecule has 0 unspecified atom stereocenters. The van der Waals surface area contributed by atoms with Crippen LogP contribution in [0, 0.1) is 12.7 Å². The maximum Gasteiger partial charge on any atom is 0.271 e. The zero-order valence-corrected chi connectivity index (χ0v) is 12.5. The number of hydrogen-bond acceptors (Lipinski definition) is 5. The van der Waals surface area contributed by atoms with Crippen LogP contribution in [0.25, 0.3) is 0 Å². The second-order valence-electron chi connectivity index (χ2n) is 4.12. The Balaban J connectivity index is 2.47. The van der Waals surface area contributed by atoms with Crippen molar-refractivity contribution in [2.75, 3.05) is 4.72 Å². The third kappa shape index (κ3) is 3.14. The van der Waals surface area contributed by atoms with Gasteiger partial charge in [0.1, 0.15) is 10.0 Å². The Kier molecular flexibility index (Phi) is 4.14. The first-order chi connectivity index (χ1) is 9.85. The molecule has 0 bridgehead atoms. The number of nitrogens with zero attached hydrogens (tertiary/aromatic N) is 1. The molecule has 6 nitrogen and oxygen atoms in total. The minimum Gasteiger partial charge on any atom is -0.409 e. The molecule has 9 heteroatoms. The highest BCUT2D eigenvalue weighted by Crippen LogP contribution is 2.26. The Morgan fingerprint density at radius 1 is 1.38 bits per heavy atom. The second-order valence-corrected chi connectivity index (χ2v) is 7.32. The van der Waals surface area contributed by atoms with Gasteiger partial charge in [-0.1, -0.05) is 11.2 Å². The van der Waals surface area contributed by atoms with E-state index in [1.165, 1.54) is 18.2 Å². The first kappa shape index (κ1) is 15.3. The van der Waals surface area contributed by atoms with E-state index >= 15 is 0 Å². The van der Waals surface area contributed by atoms with Gasteiger partial charge in [-0.15, -0.1) is 11.3 Å². The maximum absolute atomic E-state index is 13.8. The Morgan fingerprint density at radius 2 is 2.10 bits per heavy atom. The smallest absolute Gasteiger partial charge is 0.271 e. The first-order valence-electron chi connectivity index (χ1n) is 5.71. The number of nitrogens with two attached hydrogens (primary N) is 1. The number of benzene rings is 1. The number of hydrogen-bond donors (Lipinski definition) is 3. The highest BCUT2D eigenvalue weighted by atomic mass is 32.2. The van der Waals surface area contributed by atoms with Gasteiger partial charge in [-0.05, 0) is 31.2 Å². The lowest BCUT2D eigenvalue weighted by atomic mass is 10.1. The molecule has 1 aromatic heterocycles. The van der Waals surface area contributed by atoms with E-state index in [-0.39, 0.29) is 15.5 Å². The topological polar surface area (TPSA) is 105 Å². The molecule has 21 heavy (non-hydrogen) atoms. The monoisotopic (exact) mass is 329 g/mol. The van der Waals surface area contributed by atoms with Gasteiger partial charge in [0.15, 0.2) is 5.84 Å². The van der Waals surface area contributed by atoms with Gasteiger partial charge in [-0.2, -0.15) is 0 Å². The van der Waals surface area contributed by atoms with Crippen LogP contribution < -0.4 is 10.5 Å². The van der Waals surface area contributed by atoms with E-state index in [2.05, 4.69) is 9.88 Å². The van der Waals surface area contributed by atoms with Crippen molar-refractivity contribution in [3.05, 3.63) is 46.6 Å². The van der Waals surface area contributed by atoms with Gasteiger partial charge < -0.3 is 10.9 Å². The van der Waals surface area contributed by atoms with Crippen molar-refractivity contribution in [2.24, 2.45) is 10.9 Å². The van der Waals surface area contributed by atoms with Crippen molar-refractivity contribution in [3.63, 3.8) is 0 Å². The molecule has 0 atom stereocenters. The van der Waals surface area contributed by atoms with Gasteiger partial charge in [0.25, 0.3) is 10.0 Å². The summed E-state index contributed by atoms with van der Waals surface area (Å²) in [5.41, 5.74) is 4.98. The number of aryl methyl sites for hydroxylation is 1. The molecule has 112 valence electrons. The average Bonchev–Trinajstić information content (AvgIpc) is 2.85. The van der Waals surface area contributed by atoms with E-state index < -0.39 is 21.7 Å². The van der Waals surface area contributed by atoms with Crippen LogP contribution in [0.4, 0.5) is 10.1 Å². The summed E-state index contributed by atoms with van der Waals surface area (Å²) in [5.74, 6) is -1.32. The van der Waals surface area contributed by atoms with Crippen LogP contribution in [0.1, 0.15) is 10.4 Å². The largest absolute Gasteiger partial charge is 0.409 e. The number of oxime groups is 1. The summed E-state index contributed by atoms with van der Waals surface area (Å²) in [6.07, 6.45) is 0. The van der Waals surface area contributed by atoms with Crippen LogP contribution in [0.3, 0.4) is 0 Å². The number of nitrogens with one attached hydrogen (secondary N) is 1. The number of rotatable bonds is 4. The summed E-state index contributed by atoms with van der Waals surface area (Å²) >= 11 is 1.08. The number of halogens is 1. The normalized spacial score (nSPS) is 12.4. The zero-order valence-electron chi connectivity index (χ0n) is 10.9. The number of thiophene rings is 1. The molecular weight excluding hydrogens is 317 g/mol. The molecule has 0 radical (unpaired) electrons. The SMILES string of the molecule is Cc1ccc(S(=O)(=O)Nc2cccc(F)c2/C(N)=N/O)s1. The second kappa shape index (κ2) is 5.70. The number of anilines is 1. The molecule has 0 spiro atoms. The standard InChI is InChI=1S/C12H12FN3O3S2/c1-7-5-6-10(20-7)21(18,19)16-9-4-2-3-8(13)11(9)12(14)15-17/h2-6,16-17H,1H3,(H2,14,15). The predicted molar refractivity (Wildman–Crippen MR) is 78.8 cm³/mol. The van der Waals surface area contributed by atoms with Gasteiger partial charge in [-0.25, -0.2) is 12.8 Å². The summed E-state index contributed by atoms with van der Waals surface area (Å²) in [4.78, 5) is 0.825. The minimum absolute atomic E-state index is 0.0923. The Hall–Kier alpha value is -2.13. The highest BCUT2D eigenvalue weighted by Gasteiger charge is 2.21. The minimum atomic E-state index is -3.86. The van der Waals surface area contributed by atoms with Gasteiger partial charge in [-0.3, -0.25) is 4.72 Å². The summed E-state index contributed by atoms with van der Waals surface area (Å²) < 4.78 is 40.5. The fraction of sp³-hybridized carbons (Fsp3) is 0.0833. The van der Waals surface area contributed by atoms with E-state index in [0.29, 0.717) is 0 Å². The van der Waals surface area contributed by atoms with Gasteiger partial charge in [0.05, 0.1) is 11.3 Å². The molecule has 1 heterocycles. The lowest BCUT2D eigenvalue weighted by Crippen LogP contribution is -2.20. The number of sulfonamides is 1. The Morgan fingerprint density at radius 3 is 2.67 bits per heavy atom. The fourth-order valence-electron chi connectivity index (χ4n) is 1.67. The molecule has 2 rings (SSSR count). The molecular formula is C12H12FN3O3S2. The van der Waals surface area contributed by atoms with Crippen LogP contribution in [0.2, 0.25) is 0 Å².